The summed E-state index contributed by atoms with van der Waals surface area (Å²) >= 11 is 0. The molecular formula is C30H60O18. The molecule has 0 saturated carbocycles. The molecule has 0 amide bonds. The van der Waals surface area contributed by atoms with E-state index >= 15 is 0 Å². The van der Waals surface area contributed by atoms with Crippen molar-refractivity contribution in [2.24, 2.45) is 0 Å². The third-order valence-corrected chi connectivity index (χ3v) is 7.84. The molecule has 3 aliphatic heterocycles. The summed E-state index contributed by atoms with van der Waals surface area (Å²) in [6.45, 7) is 9.93. The summed E-state index contributed by atoms with van der Waals surface area (Å²) in [6, 6.07) is 0. The molecule has 0 spiro atoms. The molecule has 0 aromatic carbocycles. The summed E-state index contributed by atoms with van der Waals surface area (Å²) in [5, 5.41) is 81.9. The van der Waals surface area contributed by atoms with Gasteiger partial charge in [-0.2, -0.15) is 0 Å². The number of methoxy groups -OCH3 is 3. The summed E-state index contributed by atoms with van der Waals surface area (Å²) in [5.74, 6) is -3.80. The highest BCUT2D eigenvalue weighted by Gasteiger charge is 2.60. The van der Waals surface area contributed by atoms with E-state index in [2.05, 4.69) is 6.58 Å². The zero-order valence-corrected chi connectivity index (χ0v) is 29.1. The van der Waals surface area contributed by atoms with E-state index in [4.69, 9.17) is 47.7 Å². The number of aliphatic hydroxyl groups is 8. The van der Waals surface area contributed by atoms with Gasteiger partial charge in [-0.3, -0.25) is 0 Å². The molecule has 18 nitrogen and oxygen atoms in total. The van der Waals surface area contributed by atoms with Crippen LogP contribution in [0.4, 0.5) is 0 Å². The molecule has 0 aromatic heterocycles. The first-order chi connectivity index (χ1) is 22.2. The Morgan fingerprint density at radius 2 is 1.21 bits per heavy atom. The largest absolute Gasteiger partial charge is 0.412 e. The van der Waals surface area contributed by atoms with Gasteiger partial charge < -0.3 is 89.0 Å². The van der Waals surface area contributed by atoms with Crippen LogP contribution in [0.2, 0.25) is 0 Å². The quantitative estimate of drug-likeness (QED) is 0.0683. The second-order valence-corrected chi connectivity index (χ2v) is 11.5. The van der Waals surface area contributed by atoms with E-state index in [1.807, 2.05) is 13.8 Å². The van der Waals surface area contributed by atoms with Gasteiger partial charge in [0.25, 0.3) is 0 Å². The molecule has 3 heterocycles. The van der Waals surface area contributed by atoms with Crippen molar-refractivity contribution in [1.82, 2.24) is 0 Å². The van der Waals surface area contributed by atoms with Crippen molar-refractivity contribution in [3.63, 3.8) is 0 Å². The molecular weight excluding hydrogens is 648 g/mol. The maximum atomic E-state index is 11.4. The fraction of sp³-hybridized carbons (Fsp3) is 0.933. The van der Waals surface area contributed by atoms with Gasteiger partial charge in [-0.1, -0.05) is 13.0 Å². The molecule has 10 N–H and O–H groups in total. The first-order valence-electron chi connectivity index (χ1n) is 15.4. The molecule has 0 aromatic rings. The fourth-order valence-electron chi connectivity index (χ4n) is 5.66. The summed E-state index contributed by atoms with van der Waals surface area (Å²) in [7, 11) is 5.02. The van der Waals surface area contributed by atoms with Crippen molar-refractivity contribution < 1.29 is 89.0 Å². The van der Waals surface area contributed by atoms with Crippen molar-refractivity contribution in [3.05, 3.63) is 12.7 Å². The Balaban J connectivity index is 0.00000348. The van der Waals surface area contributed by atoms with Gasteiger partial charge in [-0.25, -0.2) is 0 Å². The number of ether oxygens (including phenoxy) is 9. The van der Waals surface area contributed by atoms with Crippen LogP contribution in [0.15, 0.2) is 12.7 Å². The lowest BCUT2D eigenvalue weighted by Crippen LogP contribution is -2.72. The molecule has 3 saturated heterocycles. The van der Waals surface area contributed by atoms with Gasteiger partial charge in [0, 0.05) is 35.0 Å². The van der Waals surface area contributed by atoms with Gasteiger partial charge in [-0.15, -0.1) is 6.58 Å². The van der Waals surface area contributed by atoms with Crippen LogP contribution in [-0.4, -0.2) is 192 Å². The summed E-state index contributed by atoms with van der Waals surface area (Å²) in [4.78, 5) is 0. The van der Waals surface area contributed by atoms with Crippen LogP contribution in [0.1, 0.15) is 34.1 Å². The highest BCUT2D eigenvalue weighted by Crippen LogP contribution is 2.40. The van der Waals surface area contributed by atoms with Crippen LogP contribution in [0.5, 0.6) is 0 Å². The number of hydrogen-bond donors (Lipinski definition) is 8. The lowest BCUT2D eigenvalue weighted by molar-refractivity contribution is -0.428. The van der Waals surface area contributed by atoms with Crippen molar-refractivity contribution in [2.45, 2.75) is 125 Å². The molecule has 15 atom stereocenters. The maximum Gasteiger partial charge on any atom is 0.195 e. The van der Waals surface area contributed by atoms with Gasteiger partial charge in [0.05, 0.1) is 19.8 Å². The lowest BCUT2D eigenvalue weighted by atomic mass is 9.90. The average molecular weight is 709 g/mol. The molecule has 3 rings (SSSR count). The van der Waals surface area contributed by atoms with Gasteiger partial charge in [0.2, 0.25) is 0 Å². The highest BCUT2D eigenvalue weighted by atomic mass is 16.8. The predicted molar refractivity (Wildman–Crippen MR) is 167 cm³/mol. The van der Waals surface area contributed by atoms with E-state index in [0.717, 1.165) is 13.5 Å². The predicted octanol–water partition coefficient (Wildman–Crippen LogP) is -3.42. The molecule has 0 aliphatic carbocycles. The van der Waals surface area contributed by atoms with Crippen molar-refractivity contribution in [3.8, 4) is 0 Å². The minimum Gasteiger partial charge on any atom is -0.412 e. The molecule has 0 radical (unpaired) electrons. The average Bonchev–Trinajstić information content (AvgIpc) is 3.03. The van der Waals surface area contributed by atoms with Crippen LogP contribution in [-0.2, 0) is 42.6 Å². The molecule has 6 unspecified atom stereocenters. The summed E-state index contributed by atoms with van der Waals surface area (Å²) in [6.07, 6.45) is -16.2. The Morgan fingerprint density at radius 3 is 1.73 bits per heavy atom. The van der Waals surface area contributed by atoms with E-state index in [1.165, 1.54) is 35.2 Å². The second kappa shape index (κ2) is 22.1. The minimum absolute atomic E-state index is 0. The molecule has 48 heavy (non-hydrogen) atoms. The zero-order chi connectivity index (χ0) is 36.1. The van der Waals surface area contributed by atoms with E-state index in [9.17, 15) is 35.7 Å². The molecule has 0 bridgehead atoms. The Morgan fingerprint density at radius 1 is 0.708 bits per heavy atom. The second-order valence-electron chi connectivity index (χ2n) is 11.5. The van der Waals surface area contributed by atoms with Gasteiger partial charge in [0.15, 0.2) is 17.9 Å². The SMILES string of the molecule is C=CC.CCCOC[C@@H]1O[C@@](C)(O[C@@H]2C(COC)O[C@@](C)(O[C@H]3C(O)C(O)[C@H](O)O[C@H]3COC)[C@@H](O)C2O)C(OC)C(O)[C@@H]1O.CO.O. The van der Waals surface area contributed by atoms with E-state index in [-0.39, 0.29) is 25.3 Å². The third kappa shape index (κ3) is 11.3. The van der Waals surface area contributed by atoms with Crippen LogP contribution in [0, 0.1) is 0 Å². The van der Waals surface area contributed by atoms with Crippen LogP contribution < -0.4 is 0 Å². The lowest BCUT2D eigenvalue weighted by Gasteiger charge is -2.54. The standard InChI is InChI=1S/C26H48O16.C3H6.CH4O.H2O/c1-7-8-37-11-12-15(27)17(29)23(36-6)26(3,39-12)42-21-14(10-35-5)40-25(2,22(32)19(21)31)41-20-13(9-34-4)38-24(33)18(30)16(20)28;1-3-2;1-2;/h12-24,27-33H,7-11H2,1-6H3;3H,1H2,2H3;2H,1H3;1H2/t12-,13-,14?,15+,16?,17?,18?,19?,20+,21+,22-,23?,24+,25-,26-;;;/m0.../s1. The number of allylic oxidation sites excluding steroid dienone is 1. The van der Waals surface area contributed by atoms with Crippen LogP contribution >= 0.6 is 0 Å². The smallest absolute Gasteiger partial charge is 0.195 e. The summed E-state index contributed by atoms with van der Waals surface area (Å²) < 4.78 is 51.0. The first-order valence-corrected chi connectivity index (χ1v) is 15.4. The van der Waals surface area contributed by atoms with Gasteiger partial charge >= 0.3 is 0 Å². The first kappa shape index (κ1) is 47.0. The van der Waals surface area contributed by atoms with Crippen LogP contribution in [0.25, 0.3) is 0 Å². The monoisotopic (exact) mass is 708 g/mol. The van der Waals surface area contributed by atoms with E-state index in [1.54, 1.807) is 6.08 Å². The fourth-order valence-corrected chi connectivity index (χ4v) is 5.66. The van der Waals surface area contributed by atoms with Crippen molar-refractivity contribution in [2.75, 3.05) is 54.9 Å². The summed E-state index contributed by atoms with van der Waals surface area (Å²) in [5.41, 5.74) is 0. The Hall–Kier alpha value is -0.980. The third-order valence-electron chi connectivity index (χ3n) is 7.84. The number of rotatable bonds is 13. The number of hydrogen-bond acceptors (Lipinski definition) is 17. The van der Waals surface area contributed by atoms with E-state index in [0.29, 0.717) is 6.61 Å². The molecule has 3 fully saturated rings. The van der Waals surface area contributed by atoms with Gasteiger partial charge in [-0.05, 0) is 27.2 Å². The zero-order valence-electron chi connectivity index (χ0n) is 29.1. The Labute approximate surface area is 281 Å². The highest BCUT2D eigenvalue weighted by molar-refractivity contribution is 5.02. The minimum atomic E-state index is -2.02. The van der Waals surface area contributed by atoms with Gasteiger partial charge in [0.1, 0.15) is 73.2 Å². The van der Waals surface area contributed by atoms with Crippen molar-refractivity contribution in [1.29, 1.82) is 0 Å². The molecule has 288 valence electrons. The molecule has 18 heteroatoms. The number of aliphatic hydroxyl groups excluding tert-OH is 8. The normalized spacial score (nSPS) is 42.7. The molecule has 3 aliphatic rings. The Bertz CT molecular complexity index is 872. The maximum absolute atomic E-state index is 11.4. The van der Waals surface area contributed by atoms with E-state index < -0.39 is 91.1 Å². The topological polar surface area (TPSA) is 276 Å². The van der Waals surface area contributed by atoms with Crippen LogP contribution in [0.3, 0.4) is 0 Å². The Kier molecular flexibility index (Phi) is 21.6. The van der Waals surface area contributed by atoms with Crippen molar-refractivity contribution >= 4 is 0 Å².